The van der Waals surface area contributed by atoms with Crippen LogP contribution in [0.15, 0.2) is 36.4 Å². The highest BCUT2D eigenvalue weighted by atomic mass is 35.5. The lowest BCUT2D eigenvalue weighted by Gasteiger charge is -2.35. The van der Waals surface area contributed by atoms with Crippen LogP contribution in [0.25, 0.3) is 0 Å². The molecule has 0 bridgehead atoms. The summed E-state index contributed by atoms with van der Waals surface area (Å²) in [6.45, 7) is 1.66. The number of halogens is 1. The molecule has 1 aromatic heterocycles. The van der Waals surface area contributed by atoms with Crippen LogP contribution in [0.4, 0.5) is 5.69 Å². The number of carbonyl (C=O) groups is 3. The summed E-state index contributed by atoms with van der Waals surface area (Å²) in [4.78, 5) is 38.8. The van der Waals surface area contributed by atoms with Crippen molar-refractivity contribution < 1.29 is 19.1 Å². The van der Waals surface area contributed by atoms with Gasteiger partial charge in [0.25, 0.3) is 5.91 Å². The minimum absolute atomic E-state index is 0.0345. The number of hydrogen-bond donors (Lipinski definition) is 0. The van der Waals surface area contributed by atoms with E-state index in [1.807, 2.05) is 31.2 Å². The molecule has 1 amide bonds. The summed E-state index contributed by atoms with van der Waals surface area (Å²) >= 11 is 6.99. The molecule has 0 saturated heterocycles. The van der Waals surface area contributed by atoms with E-state index in [4.69, 9.17) is 16.3 Å². The number of anilines is 1. The van der Waals surface area contributed by atoms with Crippen molar-refractivity contribution in [3.63, 3.8) is 0 Å². The van der Waals surface area contributed by atoms with Gasteiger partial charge < -0.3 is 9.64 Å². The molecule has 0 spiro atoms. The second-order valence-electron chi connectivity index (χ2n) is 6.47. The molecular weight excluding hydrogens is 386 g/mol. The summed E-state index contributed by atoms with van der Waals surface area (Å²) in [6.07, 6.45) is 1.77. The van der Waals surface area contributed by atoms with E-state index in [2.05, 4.69) is 0 Å². The van der Waals surface area contributed by atoms with Crippen molar-refractivity contribution in [2.75, 3.05) is 11.5 Å². The van der Waals surface area contributed by atoms with E-state index in [1.54, 1.807) is 17.0 Å². The van der Waals surface area contributed by atoms with Crippen molar-refractivity contribution in [2.45, 2.75) is 38.6 Å². The van der Waals surface area contributed by atoms with E-state index < -0.39 is 5.97 Å². The summed E-state index contributed by atoms with van der Waals surface area (Å²) in [5.41, 5.74) is 2.00. The molecule has 1 aromatic carbocycles. The number of Topliss-reactive ketones (excluding diaryl/α,β-unsaturated/α-hetero) is 1. The zero-order valence-electron chi connectivity index (χ0n) is 14.9. The summed E-state index contributed by atoms with van der Waals surface area (Å²) in [7, 11) is 0. The molecule has 2 heterocycles. The highest BCUT2D eigenvalue weighted by Gasteiger charge is 2.28. The summed E-state index contributed by atoms with van der Waals surface area (Å²) in [6, 6.07) is 11.1. The third-order valence-electron chi connectivity index (χ3n) is 4.55. The van der Waals surface area contributed by atoms with Gasteiger partial charge in [-0.2, -0.15) is 0 Å². The summed E-state index contributed by atoms with van der Waals surface area (Å²) in [5.74, 6) is -0.967. The minimum Gasteiger partial charge on any atom is -0.456 e. The number of carbonyl (C=O) groups excluding carboxylic acids is 3. The van der Waals surface area contributed by atoms with E-state index >= 15 is 0 Å². The number of fused-ring (bicyclic) bond motifs is 1. The third kappa shape index (κ3) is 4.76. The number of ketones is 1. The SMILES string of the molecule is CC1CCc2ccccc2N1C(=O)COC(=O)CCC(=O)c1ccc(Cl)s1. The fourth-order valence-corrected chi connectivity index (χ4v) is 4.17. The van der Waals surface area contributed by atoms with Gasteiger partial charge in [0.05, 0.1) is 15.6 Å². The number of hydrogen-bond acceptors (Lipinski definition) is 5. The van der Waals surface area contributed by atoms with Gasteiger partial charge in [-0.05, 0) is 43.5 Å². The van der Waals surface area contributed by atoms with Crippen molar-refractivity contribution in [3.8, 4) is 0 Å². The van der Waals surface area contributed by atoms with Gasteiger partial charge in [-0.15, -0.1) is 11.3 Å². The monoisotopic (exact) mass is 405 g/mol. The van der Waals surface area contributed by atoms with E-state index in [0.717, 1.165) is 24.1 Å². The Kier molecular flexibility index (Phi) is 6.29. The van der Waals surface area contributed by atoms with Gasteiger partial charge in [0.2, 0.25) is 0 Å². The molecule has 2 aromatic rings. The van der Waals surface area contributed by atoms with E-state index in [9.17, 15) is 14.4 Å². The number of aryl methyl sites for hydroxylation is 1. The fraction of sp³-hybridized carbons (Fsp3) is 0.350. The number of esters is 1. The van der Waals surface area contributed by atoms with Gasteiger partial charge in [-0.3, -0.25) is 14.4 Å². The van der Waals surface area contributed by atoms with Crippen LogP contribution < -0.4 is 4.90 Å². The fourth-order valence-electron chi connectivity index (χ4n) is 3.16. The Bertz CT molecular complexity index is 863. The van der Waals surface area contributed by atoms with E-state index in [-0.39, 0.29) is 37.2 Å². The van der Waals surface area contributed by atoms with Crippen LogP contribution in [0.3, 0.4) is 0 Å². The topological polar surface area (TPSA) is 63.7 Å². The van der Waals surface area contributed by atoms with E-state index in [0.29, 0.717) is 9.21 Å². The van der Waals surface area contributed by atoms with Crippen molar-refractivity contribution in [1.29, 1.82) is 0 Å². The average Bonchev–Trinajstić information content (AvgIpc) is 3.10. The molecule has 1 aliphatic rings. The molecule has 1 aliphatic heterocycles. The average molecular weight is 406 g/mol. The molecule has 0 radical (unpaired) electrons. The van der Waals surface area contributed by atoms with Gasteiger partial charge in [0, 0.05) is 18.2 Å². The predicted molar refractivity (Wildman–Crippen MR) is 106 cm³/mol. The van der Waals surface area contributed by atoms with Crippen molar-refractivity contribution in [3.05, 3.63) is 51.2 Å². The first-order valence-corrected chi connectivity index (χ1v) is 9.99. The second-order valence-corrected chi connectivity index (χ2v) is 8.18. The van der Waals surface area contributed by atoms with Gasteiger partial charge >= 0.3 is 5.97 Å². The van der Waals surface area contributed by atoms with Crippen LogP contribution in [0.2, 0.25) is 4.34 Å². The Morgan fingerprint density at radius 1 is 1.19 bits per heavy atom. The lowest BCUT2D eigenvalue weighted by molar-refractivity contribution is -0.147. The van der Waals surface area contributed by atoms with Gasteiger partial charge in [0.15, 0.2) is 12.4 Å². The zero-order chi connectivity index (χ0) is 19.4. The Morgan fingerprint density at radius 2 is 1.96 bits per heavy atom. The van der Waals surface area contributed by atoms with Crippen LogP contribution in [0, 0.1) is 0 Å². The molecule has 5 nitrogen and oxygen atoms in total. The summed E-state index contributed by atoms with van der Waals surface area (Å²) in [5, 5.41) is 0. The van der Waals surface area contributed by atoms with Crippen LogP contribution in [-0.4, -0.2) is 30.3 Å². The Labute approximate surface area is 166 Å². The molecule has 1 atom stereocenters. The number of amides is 1. The molecule has 0 aliphatic carbocycles. The van der Waals surface area contributed by atoms with E-state index in [1.165, 1.54) is 11.3 Å². The lowest BCUT2D eigenvalue weighted by Crippen LogP contribution is -2.44. The molecule has 142 valence electrons. The normalized spacial score (nSPS) is 15.9. The molecule has 7 heteroatoms. The third-order valence-corrected chi connectivity index (χ3v) is 5.83. The highest BCUT2D eigenvalue weighted by Crippen LogP contribution is 2.30. The highest BCUT2D eigenvalue weighted by molar-refractivity contribution is 7.18. The van der Waals surface area contributed by atoms with Crippen LogP contribution >= 0.6 is 22.9 Å². The predicted octanol–water partition coefficient (Wildman–Crippen LogP) is 4.28. The van der Waals surface area contributed by atoms with Crippen molar-refractivity contribution in [1.82, 2.24) is 0 Å². The minimum atomic E-state index is -0.558. The van der Waals surface area contributed by atoms with Gasteiger partial charge in [0.1, 0.15) is 0 Å². The Hall–Kier alpha value is -2.18. The number of nitrogens with zero attached hydrogens (tertiary/aromatic N) is 1. The second kappa shape index (κ2) is 8.67. The standard InChI is InChI=1S/C20H20ClNO4S/c1-13-6-7-14-4-2-3-5-15(14)22(13)19(24)12-26-20(25)11-8-16(23)17-9-10-18(21)27-17/h2-5,9-10,13H,6-8,11-12H2,1H3. The Morgan fingerprint density at radius 3 is 2.70 bits per heavy atom. The number of benzene rings is 1. The molecular formula is C20H20ClNO4S. The molecule has 0 fully saturated rings. The smallest absolute Gasteiger partial charge is 0.306 e. The molecule has 0 saturated carbocycles. The largest absolute Gasteiger partial charge is 0.456 e. The molecule has 1 unspecified atom stereocenters. The maximum absolute atomic E-state index is 12.6. The van der Waals surface area contributed by atoms with Gasteiger partial charge in [-0.25, -0.2) is 0 Å². The van der Waals surface area contributed by atoms with Crippen LogP contribution in [-0.2, 0) is 20.7 Å². The number of thiophene rings is 1. The number of para-hydroxylation sites is 1. The first-order valence-electron chi connectivity index (χ1n) is 8.80. The van der Waals surface area contributed by atoms with Crippen LogP contribution in [0.5, 0.6) is 0 Å². The Balaban J connectivity index is 1.51. The molecule has 27 heavy (non-hydrogen) atoms. The first kappa shape index (κ1) is 19.6. The molecule has 3 rings (SSSR count). The maximum atomic E-state index is 12.6. The zero-order valence-corrected chi connectivity index (χ0v) is 16.5. The van der Waals surface area contributed by atoms with Crippen LogP contribution in [0.1, 0.15) is 41.4 Å². The first-order chi connectivity index (χ1) is 13.0. The van der Waals surface area contributed by atoms with Crippen molar-refractivity contribution >= 4 is 46.3 Å². The van der Waals surface area contributed by atoms with Crippen molar-refractivity contribution in [2.24, 2.45) is 0 Å². The number of rotatable bonds is 6. The quantitative estimate of drug-likeness (QED) is 0.531. The molecule has 0 N–H and O–H groups in total. The van der Waals surface area contributed by atoms with Gasteiger partial charge in [-0.1, -0.05) is 29.8 Å². The number of ether oxygens (including phenoxy) is 1. The maximum Gasteiger partial charge on any atom is 0.306 e. The lowest BCUT2D eigenvalue weighted by atomic mass is 9.96. The summed E-state index contributed by atoms with van der Waals surface area (Å²) < 4.78 is 5.64.